The number of hydrogen-bond acceptors (Lipinski definition) is 3. The number of nitrogens with one attached hydrogen (secondary N) is 1. The maximum absolute atomic E-state index is 12.3. The van der Waals surface area contributed by atoms with Crippen molar-refractivity contribution in [3.63, 3.8) is 0 Å². The number of rotatable bonds is 5. The lowest BCUT2D eigenvalue weighted by molar-refractivity contribution is -0.384. The second kappa shape index (κ2) is 7.38. The first-order valence-electron chi connectivity index (χ1n) is 10.8. The molecule has 0 saturated heterocycles. The average molecular weight is 402 g/mol. The third-order valence-corrected chi connectivity index (χ3v) is 7.31. The Bertz CT molecular complexity index is 974. The van der Waals surface area contributed by atoms with E-state index in [0.717, 1.165) is 23.4 Å². The third-order valence-electron chi connectivity index (χ3n) is 7.31. The molecular formula is C25H26N2O3. The fraction of sp³-hybridized carbons (Fsp3) is 0.400. The van der Waals surface area contributed by atoms with E-state index >= 15 is 0 Å². The largest absolute Gasteiger partial charge is 0.323 e. The van der Waals surface area contributed by atoms with Crippen molar-refractivity contribution in [3.8, 4) is 0 Å². The second-order valence-corrected chi connectivity index (χ2v) is 9.45. The molecule has 0 atom stereocenters. The summed E-state index contributed by atoms with van der Waals surface area (Å²) in [5.74, 6) is 2.49. The molecule has 5 heteroatoms. The van der Waals surface area contributed by atoms with Gasteiger partial charge in [-0.2, -0.15) is 0 Å². The van der Waals surface area contributed by atoms with Crippen molar-refractivity contribution in [2.45, 2.75) is 43.9 Å². The van der Waals surface area contributed by atoms with Gasteiger partial charge >= 0.3 is 0 Å². The molecule has 0 heterocycles. The first-order chi connectivity index (χ1) is 14.5. The van der Waals surface area contributed by atoms with Crippen LogP contribution >= 0.6 is 0 Å². The molecule has 4 saturated carbocycles. The molecule has 2 aromatic carbocycles. The van der Waals surface area contributed by atoms with Crippen LogP contribution in [0.2, 0.25) is 0 Å². The molecule has 1 N–H and O–H groups in total. The van der Waals surface area contributed by atoms with Gasteiger partial charge in [-0.15, -0.1) is 0 Å². The van der Waals surface area contributed by atoms with Crippen molar-refractivity contribution in [1.82, 2.24) is 0 Å². The van der Waals surface area contributed by atoms with Crippen molar-refractivity contribution in [3.05, 3.63) is 75.8 Å². The lowest BCUT2D eigenvalue weighted by Gasteiger charge is -2.57. The smallest absolute Gasteiger partial charge is 0.270 e. The number of hydrogen-bond donors (Lipinski definition) is 1. The summed E-state index contributed by atoms with van der Waals surface area (Å²) in [5, 5.41) is 13.8. The molecule has 30 heavy (non-hydrogen) atoms. The van der Waals surface area contributed by atoms with E-state index in [1.807, 2.05) is 12.1 Å². The SMILES string of the molecule is O=C(/C=C/c1cccc([N+](=O)[O-])c1)Nc1ccc(C23CC4CC(CC(C4)C2)C3)cc1. The number of non-ortho nitro benzene ring substituents is 1. The molecule has 4 bridgehead atoms. The molecule has 0 radical (unpaired) electrons. The standard InChI is InChI=1S/C25H26N2O3/c28-24(9-4-17-2-1-3-23(13-17)27(29)30)26-22-7-5-21(6-8-22)25-14-18-10-19(15-25)12-20(11-18)16-25/h1-9,13,18-20H,10-12,14-16H2,(H,26,28)/b9-4+. The van der Waals surface area contributed by atoms with Crippen LogP contribution in [-0.2, 0) is 10.2 Å². The highest BCUT2D eigenvalue weighted by atomic mass is 16.6. The molecule has 4 aliphatic carbocycles. The van der Waals surface area contributed by atoms with Crippen molar-refractivity contribution in [2.75, 3.05) is 5.32 Å². The summed E-state index contributed by atoms with van der Waals surface area (Å²) >= 11 is 0. The highest BCUT2D eigenvalue weighted by Crippen LogP contribution is 2.60. The molecular weight excluding hydrogens is 376 g/mol. The Kier molecular flexibility index (Phi) is 4.69. The quantitative estimate of drug-likeness (QED) is 0.395. The number of carbonyl (C=O) groups excluding carboxylic acids is 1. The summed E-state index contributed by atoms with van der Waals surface area (Å²) < 4.78 is 0. The Hall–Kier alpha value is -2.95. The predicted octanol–water partition coefficient (Wildman–Crippen LogP) is 5.71. The molecule has 0 spiro atoms. The lowest BCUT2D eigenvalue weighted by Crippen LogP contribution is -2.48. The van der Waals surface area contributed by atoms with Gasteiger partial charge in [-0.25, -0.2) is 0 Å². The molecule has 6 rings (SSSR count). The minimum atomic E-state index is -0.442. The maximum atomic E-state index is 12.3. The average Bonchev–Trinajstić information content (AvgIpc) is 2.72. The van der Waals surface area contributed by atoms with Gasteiger partial charge in [0.15, 0.2) is 0 Å². The van der Waals surface area contributed by atoms with Crippen molar-refractivity contribution < 1.29 is 9.72 Å². The van der Waals surface area contributed by atoms with Gasteiger partial charge in [-0.05, 0) is 91.0 Å². The lowest BCUT2D eigenvalue weighted by atomic mass is 9.48. The van der Waals surface area contributed by atoms with E-state index in [1.54, 1.807) is 18.2 Å². The second-order valence-electron chi connectivity index (χ2n) is 9.45. The first-order valence-corrected chi connectivity index (χ1v) is 10.8. The number of benzene rings is 2. The van der Waals surface area contributed by atoms with Crippen LogP contribution in [0.25, 0.3) is 6.08 Å². The van der Waals surface area contributed by atoms with Crippen LogP contribution in [-0.4, -0.2) is 10.8 Å². The van der Waals surface area contributed by atoms with Gasteiger partial charge in [0.2, 0.25) is 5.91 Å². The summed E-state index contributed by atoms with van der Waals surface area (Å²) in [4.78, 5) is 22.7. The Morgan fingerprint density at radius 1 is 1.00 bits per heavy atom. The Balaban J connectivity index is 1.25. The van der Waals surface area contributed by atoms with Gasteiger partial charge in [0.25, 0.3) is 5.69 Å². The number of amides is 1. The molecule has 4 fully saturated rings. The minimum Gasteiger partial charge on any atom is -0.323 e. The van der Waals surface area contributed by atoms with Gasteiger partial charge in [0, 0.05) is 23.9 Å². The van der Waals surface area contributed by atoms with E-state index in [9.17, 15) is 14.9 Å². The first kappa shape index (κ1) is 19.0. The summed E-state index contributed by atoms with van der Waals surface area (Å²) in [6.45, 7) is 0. The molecule has 0 unspecified atom stereocenters. The highest BCUT2D eigenvalue weighted by Gasteiger charge is 2.51. The van der Waals surface area contributed by atoms with Gasteiger partial charge in [-0.1, -0.05) is 24.3 Å². The van der Waals surface area contributed by atoms with Crippen LogP contribution in [0.3, 0.4) is 0 Å². The molecule has 2 aromatic rings. The molecule has 1 amide bonds. The van der Waals surface area contributed by atoms with Crippen LogP contribution < -0.4 is 5.32 Å². The number of nitrogens with zero attached hydrogens (tertiary/aromatic N) is 1. The van der Waals surface area contributed by atoms with E-state index in [-0.39, 0.29) is 11.6 Å². The molecule has 0 aliphatic heterocycles. The fourth-order valence-corrected chi connectivity index (χ4v) is 6.47. The monoisotopic (exact) mass is 402 g/mol. The summed E-state index contributed by atoms with van der Waals surface area (Å²) in [6, 6.07) is 14.6. The van der Waals surface area contributed by atoms with Gasteiger partial charge in [0.05, 0.1) is 4.92 Å². The Morgan fingerprint density at radius 3 is 2.23 bits per heavy atom. The normalized spacial score (nSPS) is 29.3. The van der Waals surface area contributed by atoms with Crippen molar-refractivity contribution >= 4 is 23.4 Å². The third kappa shape index (κ3) is 3.64. The number of nitro benzene ring substituents is 1. The predicted molar refractivity (Wildman–Crippen MR) is 117 cm³/mol. The van der Waals surface area contributed by atoms with Gasteiger partial charge in [0.1, 0.15) is 0 Å². The number of carbonyl (C=O) groups is 1. The molecule has 4 aliphatic rings. The maximum Gasteiger partial charge on any atom is 0.270 e. The summed E-state index contributed by atoms with van der Waals surface area (Å²) in [6.07, 6.45) is 11.3. The Labute approximate surface area is 176 Å². The van der Waals surface area contributed by atoms with Crippen LogP contribution in [0.4, 0.5) is 11.4 Å². The zero-order valence-corrected chi connectivity index (χ0v) is 16.9. The van der Waals surface area contributed by atoms with E-state index in [4.69, 9.17) is 0 Å². The van der Waals surface area contributed by atoms with Crippen molar-refractivity contribution in [1.29, 1.82) is 0 Å². The topological polar surface area (TPSA) is 72.2 Å². The zero-order chi connectivity index (χ0) is 20.7. The molecule has 0 aromatic heterocycles. The van der Waals surface area contributed by atoms with Crippen LogP contribution in [0.1, 0.15) is 49.7 Å². The molecule has 5 nitrogen and oxygen atoms in total. The van der Waals surface area contributed by atoms with E-state index in [2.05, 4.69) is 17.4 Å². The van der Waals surface area contributed by atoms with Crippen LogP contribution in [0.5, 0.6) is 0 Å². The summed E-state index contributed by atoms with van der Waals surface area (Å²) in [7, 11) is 0. The fourth-order valence-electron chi connectivity index (χ4n) is 6.47. The Morgan fingerprint density at radius 2 is 1.63 bits per heavy atom. The van der Waals surface area contributed by atoms with Gasteiger partial charge in [-0.3, -0.25) is 14.9 Å². The van der Waals surface area contributed by atoms with Crippen molar-refractivity contribution in [2.24, 2.45) is 17.8 Å². The van der Waals surface area contributed by atoms with E-state index < -0.39 is 4.92 Å². The van der Waals surface area contributed by atoms with E-state index in [1.165, 1.54) is 62.3 Å². The van der Waals surface area contributed by atoms with E-state index in [0.29, 0.717) is 11.0 Å². The summed E-state index contributed by atoms with van der Waals surface area (Å²) in [5.41, 5.74) is 3.21. The highest BCUT2D eigenvalue weighted by molar-refractivity contribution is 6.01. The van der Waals surface area contributed by atoms with Crippen LogP contribution in [0, 0.1) is 27.9 Å². The molecule has 154 valence electrons. The van der Waals surface area contributed by atoms with Crippen LogP contribution in [0.15, 0.2) is 54.6 Å². The zero-order valence-electron chi connectivity index (χ0n) is 16.9. The van der Waals surface area contributed by atoms with Gasteiger partial charge < -0.3 is 5.32 Å². The number of nitro groups is 1. The minimum absolute atomic E-state index is 0.0119. The number of anilines is 1.